The topological polar surface area (TPSA) is 12.5 Å². The van der Waals surface area contributed by atoms with E-state index in [4.69, 9.17) is 4.74 Å². The van der Waals surface area contributed by atoms with Gasteiger partial charge in [0.15, 0.2) is 0 Å². The molecular formula is C11H23NO. The highest BCUT2D eigenvalue weighted by Gasteiger charge is 2.31. The minimum atomic E-state index is 0.0989. The van der Waals surface area contributed by atoms with Crippen molar-refractivity contribution < 1.29 is 4.74 Å². The van der Waals surface area contributed by atoms with Crippen molar-refractivity contribution in [1.82, 2.24) is 4.90 Å². The van der Waals surface area contributed by atoms with E-state index in [1.54, 1.807) is 0 Å². The van der Waals surface area contributed by atoms with Crippen molar-refractivity contribution in [3.05, 3.63) is 0 Å². The second-order valence-electron chi connectivity index (χ2n) is 4.49. The van der Waals surface area contributed by atoms with Crippen molar-refractivity contribution in [2.24, 2.45) is 0 Å². The van der Waals surface area contributed by atoms with E-state index in [0.717, 1.165) is 6.54 Å². The highest BCUT2D eigenvalue weighted by molar-refractivity contribution is 4.86. The van der Waals surface area contributed by atoms with Gasteiger partial charge in [0.25, 0.3) is 0 Å². The van der Waals surface area contributed by atoms with Crippen molar-refractivity contribution >= 4 is 0 Å². The third-order valence-electron chi connectivity index (χ3n) is 3.40. The Bertz CT molecular complexity index is 160. The molecule has 0 N–H and O–H groups in total. The third-order valence-corrected chi connectivity index (χ3v) is 3.40. The summed E-state index contributed by atoms with van der Waals surface area (Å²) in [4.78, 5) is 2.55. The average molecular weight is 185 g/mol. The molecule has 0 aromatic carbocycles. The summed E-state index contributed by atoms with van der Waals surface area (Å²) >= 11 is 0. The lowest BCUT2D eigenvalue weighted by Crippen LogP contribution is -2.50. The zero-order valence-electron chi connectivity index (χ0n) is 9.47. The number of ether oxygens (including phenoxy) is 1. The van der Waals surface area contributed by atoms with E-state index in [9.17, 15) is 0 Å². The van der Waals surface area contributed by atoms with E-state index in [-0.39, 0.29) is 5.60 Å². The van der Waals surface area contributed by atoms with Gasteiger partial charge in [0.2, 0.25) is 0 Å². The molecule has 1 fully saturated rings. The van der Waals surface area contributed by atoms with Gasteiger partial charge >= 0.3 is 0 Å². The lowest BCUT2D eigenvalue weighted by molar-refractivity contribution is -0.0597. The second kappa shape index (κ2) is 4.43. The molecule has 1 aliphatic heterocycles. The number of rotatable bonds is 3. The molecule has 0 aliphatic carbocycles. The van der Waals surface area contributed by atoms with E-state index in [2.05, 4.69) is 25.7 Å². The molecule has 78 valence electrons. The van der Waals surface area contributed by atoms with Gasteiger partial charge < -0.3 is 4.74 Å². The first-order valence-electron chi connectivity index (χ1n) is 5.40. The van der Waals surface area contributed by atoms with Crippen LogP contribution in [0.4, 0.5) is 0 Å². The Morgan fingerprint density at radius 1 is 1.54 bits per heavy atom. The molecule has 0 aromatic heterocycles. The van der Waals surface area contributed by atoms with Crippen LogP contribution in [0.25, 0.3) is 0 Å². The normalized spacial score (nSPS) is 33.2. The van der Waals surface area contributed by atoms with Crippen LogP contribution in [0.1, 0.15) is 40.0 Å². The van der Waals surface area contributed by atoms with E-state index < -0.39 is 0 Å². The van der Waals surface area contributed by atoms with Crippen LogP contribution >= 0.6 is 0 Å². The molecule has 0 radical (unpaired) electrons. The standard InChI is InChI=1S/C11H23NO/c1-5-10(2)12-8-6-7-11(3,9-12)13-4/h10H,5-9H2,1-4H3/t10?,11-/m1/s1. The van der Waals surface area contributed by atoms with Crippen LogP contribution in [0.5, 0.6) is 0 Å². The summed E-state index contributed by atoms with van der Waals surface area (Å²) in [5.74, 6) is 0. The molecule has 2 atom stereocenters. The fourth-order valence-electron chi connectivity index (χ4n) is 2.04. The largest absolute Gasteiger partial charge is 0.377 e. The zero-order valence-corrected chi connectivity index (χ0v) is 9.47. The summed E-state index contributed by atoms with van der Waals surface area (Å²) in [6.45, 7) is 9.12. The van der Waals surface area contributed by atoms with Crippen molar-refractivity contribution in [3.63, 3.8) is 0 Å². The zero-order chi connectivity index (χ0) is 9.90. The summed E-state index contributed by atoms with van der Waals surface area (Å²) in [6.07, 6.45) is 3.71. The molecular weight excluding hydrogens is 162 g/mol. The van der Waals surface area contributed by atoms with Crippen LogP contribution < -0.4 is 0 Å². The van der Waals surface area contributed by atoms with Gasteiger partial charge in [-0.25, -0.2) is 0 Å². The van der Waals surface area contributed by atoms with Gasteiger partial charge in [0, 0.05) is 19.7 Å². The fourth-order valence-corrected chi connectivity index (χ4v) is 2.04. The monoisotopic (exact) mass is 185 g/mol. The van der Waals surface area contributed by atoms with Gasteiger partial charge in [0.1, 0.15) is 0 Å². The molecule has 0 aromatic rings. The number of nitrogens with zero attached hydrogens (tertiary/aromatic N) is 1. The van der Waals surface area contributed by atoms with Crippen LogP contribution in [-0.2, 0) is 4.74 Å². The SMILES string of the molecule is CCC(C)N1CCC[C@@](C)(OC)C1. The number of methoxy groups -OCH3 is 1. The first-order chi connectivity index (χ1) is 6.11. The Balaban J connectivity index is 2.51. The fraction of sp³-hybridized carbons (Fsp3) is 1.00. The third kappa shape index (κ3) is 2.68. The first kappa shape index (κ1) is 11.0. The molecule has 0 amide bonds. The second-order valence-corrected chi connectivity index (χ2v) is 4.49. The van der Waals surface area contributed by atoms with Crippen LogP contribution in [0.15, 0.2) is 0 Å². The molecule has 0 saturated carbocycles. The van der Waals surface area contributed by atoms with Gasteiger partial charge in [0.05, 0.1) is 5.60 Å². The molecule has 13 heavy (non-hydrogen) atoms. The van der Waals surface area contributed by atoms with Gasteiger partial charge in [-0.05, 0) is 39.7 Å². The average Bonchev–Trinajstić information content (AvgIpc) is 2.17. The van der Waals surface area contributed by atoms with Crippen molar-refractivity contribution in [2.75, 3.05) is 20.2 Å². The predicted molar refractivity (Wildman–Crippen MR) is 56.0 cm³/mol. The minimum absolute atomic E-state index is 0.0989. The Kier molecular flexibility index (Phi) is 3.74. The molecule has 1 heterocycles. The lowest BCUT2D eigenvalue weighted by atomic mass is 9.93. The van der Waals surface area contributed by atoms with E-state index in [0.29, 0.717) is 6.04 Å². The Hall–Kier alpha value is -0.0800. The summed E-state index contributed by atoms with van der Waals surface area (Å²) in [5, 5.41) is 0. The number of hydrogen-bond donors (Lipinski definition) is 0. The van der Waals surface area contributed by atoms with E-state index in [1.807, 2.05) is 7.11 Å². The van der Waals surface area contributed by atoms with Gasteiger partial charge in [-0.2, -0.15) is 0 Å². The molecule has 0 bridgehead atoms. The molecule has 2 heteroatoms. The number of likely N-dealkylation sites (tertiary alicyclic amines) is 1. The summed E-state index contributed by atoms with van der Waals surface area (Å²) < 4.78 is 5.56. The quantitative estimate of drug-likeness (QED) is 0.669. The lowest BCUT2D eigenvalue weighted by Gasteiger charge is -2.42. The van der Waals surface area contributed by atoms with Crippen LogP contribution in [-0.4, -0.2) is 36.7 Å². The molecule has 1 aliphatic rings. The smallest absolute Gasteiger partial charge is 0.0777 e. The Morgan fingerprint density at radius 3 is 2.77 bits per heavy atom. The van der Waals surface area contributed by atoms with Crippen molar-refractivity contribution in [2.45, 2.75) is 51.7 Å². The molecule has 1 rings (SSSR count). The maximum atomic E-state index is 5.56. The van der Waals surface area contributed by atoms with Crippen LogP contribution in [0.3, 0.4) is 0 Å². The van der Waals surface area contributed by atoms with Crippen molar-refractivity contribution in [3.8, 4) is 0 Å². The summed E-state index contributed by atoms with van der Waals surface area (Å²) in [5.41, 5.74) is 0.0989. The number of hydrogen-bond acceptors (Lipinski definition) is 2. The van der Waals surface area contributed by atoms with Crippen molar-refractivity contribution in [1.29, 1.82) is 0 Å². The van der Waals surface area contributed by atoms with Gasteiger partial charge in [-0.1, -0.05) is 6.92 Å². The molecule has 1 saturated heterocycles. The highest BCUT2D eigenvalue weighted by Crippen LogP contribution is 2.25. The van der Waals surface area contributed by atoms with Crippen LogP contribution in [0, 0.1) is 0 Å². The van der Waals surface area contributed by atoms with Gasteiger partial charge in [-0.3, -0.25) is 4.90 Å². The highest BCUT2D eigenvalue weighted by atomic mass is 16.5. The molecule has 0 spiro atoms. The first-order valence-corrected chi connectivity index (χ1v) is 5.40. The summed E-state index contributed by atoms with van der Waals surface area (Å²) in [6, 6.07) is 0.703. The summed E-state index contributed by atoms with van der Waals surface area (Å²) in [7, 11) is 1.83. The maximum absolute atomic E-state index is 5.56. The maximum Gasteiger partial charge on any atom is 0.0777 e. The van der Waals surface area contributed by atoms with E-state index >= 15 is 0 Å². The van der Waals surface area contributed by atoms with E-state index in [1.165, 1.54) is 25.8 Å². The van der Waals surface area contributed by atoms with Gasteiger partial charge in [-0.15, -0.1) is 0 Å². The number of piperidine rings is 1. The Morgan fingerprint density at radius 2 is 2.23 bits per heavy atom. The predicted octanol–water partition coefficient (Wildman–Crippen LogP) is 2.29. The Labute approximate surface area is 82.3 Å². The minimum Gasteiger partial charge on any atom is -0.377 e. The van der Waals surface area contributed by atoms with Crippen LogP contribution in [0.2, 0.25) is 0 Å². The molecule has 2 nitrogen and oxygen atoms in total. The molecule has 1 unspecified atom stereocenters.